The lowest BCUT2D eigenvalue weighted by molar-refractivity contribution is -0.143. The molecule has 0 radical (unpaired) electrons. The summed E-state index contributed by atoms with van der Waals surface area (Å²) in [5.74, 6) is -3.52. The number of carbonyl (C=O) groups is 1. The molecule has 114 valence electrons. The van der Waals surface area contributed by atoms with E-state index in [-0.39, 0.29) is 6.61 Å². The van der Waals surface area contributed by atoms with Crippen LogP contribution in [-0.4, -0.2) is 12.1 Å². The smallest absolute Gasteiger partial charge is 0.416 e. The van der Waals surface area contributed by atoms with Crippen molar-refractivity contribution in [3.8, 4) is 0 Å². The molecule has 0 unspecified atom stereocenters. The Morgan fingerprint density at radius 2 is 1.86 bits per heavy atom. The Morgan fingerprint density at radius 1 is 1.24 bits per heavy atom. The molecule has 2 nitrogen and oxygen atoms in total. The lowest BCUT2D eigenvalue weighted by atomic mass is 10.1. The maximum Gasteiger partial charge on any atom is 0.416 e. The topological polar surface area (TPSA) is 26.3 Å². The number of halogens is 4. The summed E-state index contributed by atoms with van der Waals surface area (Å²) in [7, 11) is 0. The second-order valence-electron chi connectivity index (χ2n) is 4.13. The van der Waals surface area contributed by atoms with E-state index in [9.17, 15) is 22.4 Å². The second kappa shape index (κ2) is 7.61. The van der Waals surface area contributed by atoms with Crippen molar-refractivity contribution in [2.45, 2.75) is 26.1 Å². The van der Waals surface area contributed by atoms with Gasteiger partial charge in [0.25, 0.3) is 0 Å². The molecule has 0 saturated heterocycles. The molecule has 0 aliphatic carbocycles. The third-order valence-electron chi connectivity index (χ3n) is 2.56. The minimum atomic E-state index is -4.92. The first-order chi connectivity index (χ1) is 9.86. The zero-order valence-corrected chi connectivity index (χ0v) is 11.3. The van der Waals surface area contributed by atoms with E-state index in [1.165, 1.54) is 13.0 Å². The fraction of sp³-hybridized carbons (Fsp3) is 0.267. The van der Waals surface area contributed by atoms with Gasteiger partial charge in [-0.15, -0.1) is 0 Å². The molecular formula is C15H14F4O2. The minimum absolute atomic E-state index is 0.290. The average molecular weight is 302 g/mol. The van der Waals surface area contributed by atoms with Crippen LogP contribution in [0.2, 0.25) is 0 Å². The van der Waals surface area contributed by atoms with Gasteiger partial charge >= 0.3 is 12.1 Å². The van der Waals surface area contributed by atoms with Crippen LogP contribution in [0.25, 0.3) is 0 Å². The highest BCUT2D eigenvalue weighted by atomic mass is 19.4. The summed E-state index contributed by atoms with van der Waals surface area (Å²) in [6.07, 6.45) is -3.18. The molecule has 0 atom stereocenters. The van der Waals surface area contributed by atoms with Gasteiger partial charge in [-0.05, 0) is 18.9 Å². The largest absolute Gasteiger partial charge is 0.456 e. The van der Waals surface area contributed by atoms with E-state index < -0.39 is 30.0 Å². The summed E-state index contributed by atoms with van der Waals surface area (Å²) in [4.78, 5) is 11.4. The van der Waals surface area contributed by atoms with Crippen LogP contribution in [0.15, 0.2) is 53.9 Å². The zero-order valence-electron chi connectivity index (χ0n) is 11.3. The number of ether oxygens (including phenoxy) is 1. The Labute approximate surface area is 119 Å². The van der Waals surface area contributed by atoms with Crippen LogP contribution in [0.1, 0.15) is 18.9 Å². The van der Waals surface area contributed by atoms with Crippen molar-refractivity contribution in [3.63, 3.8) is 0 Å². The average Bonchev–Trinajstić information content (AvgIpc) is 2.44. The van der Waals surface area contributed by atoms with E-state index in [1.807, 2.05) is 0 Å². The highest BCUT2D eigenvalue weighted by molar-refractivity contribution is 5.87. The van der Waals surface area contributed by atoms with E-state index in [0.717, 1.165) is 6.08 Å². The molecule has 0 amide bonds. The number of rotatable bonds is 5. The second-order valence-corrected chi connectivity index (χ2v) is 4.13. The quantitative estimate of drug-likeness (QED) is 0.347. The number of esters is 1. The Kier molecular flexibility index (Phi) is 6.14. The molecule has 0 heterocycles. The van der Waals surface area contributed by atoms with Gasteiger partial charge in [0.1, 0.15) is 6.61 Å². The van der Waals surface area contributed by atoms with Crippen molar-refractivity contribution in [3.05, 3.63) is 59.4 Å². The fourth-order valence-electron chi connectivity index (χ4n) is 1.48. The maximum absolute atomic E-state index is 13.6. The van der Waals surface area contributed by atoms with E-state index >= 15 is 0 Å². The van der Waals surface area contributed by atoms with Gasteiger partial charge < -0.3 is 4.74 Å². The number of benzene rings is 1. The monoisotopic (exact) mass is 302 g/mol. The van der Waals surface area contributed by atoms with Crippen molar-refractivity contribution in [1.29, 1.82) is 0 Å². The van der Waals surface area contributed by atoms with Crippen molar-refractivity contribution < 1.29 is 27.1 Å². The predicted octanol–water partition coefficient (Wildman–Crippen LogP) is 4.48. The Morgan fingerprint density at radius 3 is 2.38 bits per heavy atom. The van der Waals surface area contributed by atoms with Crippen LogP contribution in [-0.2, 0) is 16.1 Å². The van der Waals surface area contributed by atoms with Crippen molar-refractivity contribution >= 4 is 5.97 Å². The Hall–Kier alpha value is -2.11. The van der Waals surface area contributed by atoms with E-state index in [2.05, 4.69) is 4.74 Å². The fourth-order valence-corrected chi connectivity index (χ4v) is 1.48. The molecule has 0 spiro atoms. The Balaban J connectivity index is 2.83. The molecule has 0 N–H and O–H groups in total. The number of allylic oxidation sites excluding steroid dienone is 3. The molecule has 21 heavy (non-hydrogen) atoms. The van der Waals surface area contributed by atoms with Gasteiger partial charge in [-0.1, -0.05) is 42.5 Å². The molecule has 0 aromatic heterocycles. The normalized spacial score (nSPS) is 13.2. The summed E-state index contributed by atoms with van der Waals surface area (Å²) >= 11 is 0. The van der Waals surface area contributed by atoms with Gasteiger partial charge in [-0.25, -0.2) is 4.79 Å². The summed E-state index contributed by atoms with van der Waals surface area (Å²) in [5.41, 5.74) is -0.987. The SMILES string of the molecule is C/C=C/C/C(=C(/F)C(=O)OCc1ccccc1)C(F)(F)F. The van der Waals surface area contributed by atoms with Gasteiger partial charge in [0, 0.05) is 0 Å². The van der Waals surface area contributed by atoms with E-state index in [4.69, 9.17) is 0 Å². The molecule has 1 aromatic carbocycles. The Bertz CT molecular complexity index is 530. The number of carbonyl (C=O) groups excluding carboxylic acids is 1. The zero-order chi connectivity index (χ0) is 15.9. The third kappa shape index (κ3) is 5.41. The summed E-state index contributed by atoms with van der Waals surface area (Å²) in [5, 5.41) is 0. The highest BCUT2D eigenvalue weighted by Gasteiger charge is 2.38. The predicted molar refractivity (Wildman–Crippen MR) is 69.9 cm³/mol. The minimum Gasteiger partial charge on any atom is -0.456 e. The van der Waals surface area contributed by atoms with Crippen LogP contribution in [0, 0.1) is 0 Å². The molecule has 0 bridgehead atoms. The molecule has 0 aliphatic rings. The third-order valence-corrected chi connectivity index (χ3v) is 2.56. The van der Waals surface area contributed by atoms with Crippen molar-refractivity contribution in [2.75, 3.05) is 0 Å². The van der Waals surface area contributed by atoms with Crippen LogP contribution < -0.4 is 0 Å². The van der Waals surface area contributed by atoms with Crippen LogP contribution in [0.5, 0.6) is 0 Å². The highest BCUT2D eigenvalue weighted by Crippen LogP contribution is 2.32. The molecule has 0 saturated carbocycles. The van der Waals surface area contributed by atoms with Crippen molar-refractivity contribution in [2.24, 2.45) is 0 Å². The molecule has 0 aliphatic heterocycles. The number of hydrogen-bond acceptors (Lipinski definition) is 2. The van der Waals surface area contributed by atoms with Crippen LogP contribution in [0.3, 0.4) is 0 Å². The van der Waals surface area contributed by atoms with Gasteiger partial charge in [0.2, 0.25) is 5.83 Å². The van der Waals surface area contributed by atoms with Gasteiger partial charge in [-0.3, -0.25) is 0 Å². The molecule has 0 fully saturated rings. The first-order valence-corrected chi connectivity index (χ1v) is 6.14. The van der Waals surface area contributed by atoms with Gasteiger partial charge in [0.05, 0.1) is 5.57 Å². The molecule has 1 aromatic rings. The van der Waals surface area contributed by atoms with E-state index in [0.29, 0.717) is 5.56 Å². The maximum atomic E-state index is 13.6. The molecular weight excluding hydrogens is 288 g/mol. The van der Waals surface area contributed by atoms with Gasteiger partial charge in [0.15, 0.2) is 0 Å². The number of hydrogen-bond donors (Lipinski definition) is 0. The summed E-state index contributed by atoms with van der Waals surface area (Å²) in [6, 6.07) is 8.29. The molecule has 6 heteroatoms. The van der Waals surface area contributed by atoms with E-state index in [1.54, 1.807) is 30.3 Å². The van der Waals surface area contributed by atoms with Crippen LogP contribution >= 0.6 is 0 Å². The van der Waals surface area contributed by atoms with Crippen LogP contribution in [0.4, 0.5) is 17.6 Å². The lowest BCUT2D eigenvalue weighted by Gasteiger charge is -2.11. The first kappa shape index (κ1) is 16.9. The summed E-state index contributed by atoms with van der Waals surface area (Å²) in [6.45, 7) is 1.21. The summed E-state index contributed by atoms with van der Waals surface area (Å²) < 4.78 is 56.2. The van der Waals surface area contributed by atoms with Crippen molar-refractivity contribution in [1.82, 2.24) is 0 Å². The van der Waals surface area contributed by atoms with Gasteiger partial charge in [-0.2, -0.15) is 17.6 Å². The molecule has 1 rings (SSSR count). The number of alkyl halides is 3. The first-order valence-electron chi connectivity index (χ1n) is 6.14. The lowest BCUT2D eigenvalue weighted by Crippen LogP contribution is -2.17. The standard InChI is InChI=1S/C15H14F4O2/c1-2-3-9-12(15(17,18)19)13(16)14(20)21-10-11-7-5-4-6-8-11/h2-8H,9-10H2,1H3/b3-2+,13-12-.